The van der Waals surface area contributed by atoms with E-state index in [9.17, 15) is 44.0 Å². The van der Waals surface area contributed by atoms with Crippen LogP contribution < -0.4 is 0 Å². The Balaban J connectivity index is 1.82. The van der Waals surface area contributed by atoms with Gasteiger partial charge in [-0.25, -0.2) is 9.13 Å². The van der Waals surface area contributed by atoms with Gasteiger partial charge in [-0.05, 0) is 77.0 Å². The molecule has 1 saturated carbocycles. The first-order chi connectivity index (χ1) is 30.6. The van der Waals surface area contributed by atoms with Crippen molar-refractivity contribution in [2.75, 3.05) is 13.2 Å². The molecule has 1 aliphatic carbocycles. The molecular weight excluding hydrogens is 874 g/mol. The first-order valence-electron chi connectivity index (χ1n) is 23.3. The molecular formula is C45H78O17P2. The molecule has 7 unspecified atom stereocenters. The summed E-state index contributed by atoms with van der Waals surface area (Å²) >= 11 is 0. The predicted molar refractivity (Wildman–Crippen MR) is 241 cm³/mol. The molecule has 0 aromatic carbocycles. The van der Waals surface area contributed by atoms with Crippen molar-refractivity contribution >= 4 is 27.6 Å². The highest BCUT2D eigenvalue weighted by Crippen LogP contribution is 2.49. The Morgan fingerprint density at radius 1 is 0.578 bits per heavy atom. The quantitative estimate of drug-likeness (QED) is 0.0104. The number of ether oxygens (including phenoxy) is 3. The smallest absolute Gasteiger partial charge is 0.462 e. The summed E-state index contributed by atoms with van der Waals surface area (Å²) in [6.45, 7) is 2.99. The molecule has 0 aromatic heterocycles. The maximum absolute atomic E-state index is 13.0. The molecule has 2 aliphatic rings. The van der Waals surface area contributed by atoms with Crippen LogP contribution >= 0.6 is 15.6 Å². The average molecular weight is 953 g/mol. The van der Waals surface area contributed by atoms with E-state index >= 15 is 0 Å². The number of phosphoric ester groups is 2. The largest absolute Gasteiger partial charge is 0.472 e. The molecule has 17 nitrogen and oxygen atoms in total. The third-order valence-electron chi connectivity index (χ3n) is 10.8. The van der Waals surface area contributed by atoms with E-state index in [0.29, 0.717) is 31.5 Å². The number of epoxide rings is 1. The Morgan fingerprint density at radius 3 is 1.73 bits per heavy atom. The summed E-state index contributed by atoms with van der Waals surface area (Å²) in [5.74, 6) is -1.27. The second-order valence-corrected chi connectivity index (χ2v) is 19.1. The molecule has 1 aliphatic heterocycles. The molecule has 370 valence electrons. The summed E-state index contributed by atoms with van der Waals surface area (Å²) in [6, 6.07) is 0. The zero-order valence-corrected chi connectivity index (χ0v) is 39.7. The number of hydrogen-bond acceptors (Lipinski definition) is 14. The van der Waals surface area contributed by atoms with Crippen molar-refractivity contribution in [1.82, 2.24) is 0 Å². The molecule has 0 spiro atoms. The van der Waals surface area contributed by atoms with Gasteiger partial charge in [-0.15, -0.1) is 0 Å². The van der Waals surface area contributed by atoms with E-state index in [1.807, 2.05) is 12.2 Å². The summed E-state index contributed by atoms with van der Waals surface area (Å²) < 4.78 is 55.0. The van der Waals surface area contributed by atoms with Gasteiger partial charge in [-0.3, -0.25) is 23.2 Å². The lowest BCUT2D eigenvalue weighted by Crippen LogP contribution is -2.64. The Kier molecular flexibility index (Phi) is 30.3. The van der Waals surface area contributed by atoms with Crippen LogP contribution in [-0.4, -0.2) is 115 Å². The van der Waals surface area contributed by atoms with E-state index in [1.54, 1.807) is 0 Å². The van der Waals surface area contributed by atoms with E-state index in [2.05, 4.69) is 54.8 Å². The van der Waals surface area contributed by atoms with Crippen molar-refractivity contribution in [2.24, 2.45) is 0 Å². The van der Waals surface area contributed by atoms with E-state index in [0.717, 1.165) is 70.6 Å². The lowest BCUT2D eigenvalue weighted by Gasteiger charge is -2.43. The van der Waals surface area contributed by atoms with Gasteiger partial charge in [0.25, 0.3) is 0 Å². The van der Waals surface area contributed by atoms with Gasteiger partial charge in [0.05, 0.1) is 18.8 Å². The highest BCUT2D eigenvalue weighted by atomic mass is 31.2. The molecule has 10 atom stereocenters. The summed E-state index contributed by atoms with van der Waals surface area (Å²) in [7, 11) is -10.7. The minimum absolute atomic E-state index is 0.0119. The third-order valence-corrected chi connectivity index (χ3v) is 12.3. The number of esters is 2. The van der Waals surface area contributed by atoms with Gasteiger partial charge >= 0.3 is 27.6 Å². The first-order valence-corrected chi connectivity index (χ1v) is 26.3. The molecule has 1 saturated heterocycles. The van der Waals surface area contributed by atoms with Crippen LogP contribution in [-0.2, 0) is 46.5 Å². The van der Waals surface area contributed by atoms with Crippen LogP contribution in [0.25, 0.3) is 0 Å². The Morgan fingerprint density at radius 2 is 1.09 bits per heavy atom. The standard InChI is InChI=1S/C45H78O17P2/c1-3-5-7-8-9-10-11-12-13-14-15-16-21-24-28-32-39(47)59-35(34-58-64(55,56)62-45-42(50)40(48)41(49)44(43(45)51)61-63(52,53)54)33-57-38(46)31-27-23-20-18-17-19-22-26-30-37-36(60-37)29-25-6-4-2/h9-10,12-13,15-16,22,26,35-37,40-45,48-51H,3-8,11,14,17-21,23-25,27-34H2,1-2H3,(H,55,56)(H2,52,53,54)/b10-9-,13-12-,16-15-,26-22-/t35-,36?,37?,40?,41?,42?,43?,44-,45+/m1/s1. The van der Waals surface area contributed by atoms with Gasteiger partial charge in [-0.2, -0.15) is 0 Å². The van der Waals surface area contributed by atoms with E-state index in [-0.39, 0.29) is 12.8 Å². The first kappa shape index (κ1) is 58.0. The minimum atomic E-state index is -5.37. The van der Waals surface area contributed by atoms with Crippen molar-refractivity contribution in [3.05, 3.63) is 48.6 Å². The molecule has 0 radical (unpaired) electrons. The summed E-state index contributed by atoms with van der Waals surface area (Å²) in [5.41, 5.74) is 0. The molecule has 2 rings (SSSR count). The molecule has 7 N–H and O–H groups in total. The number of aliphatic hydroxyl groups is 4. The van der Waals surface area contributed by atoms with Gasteiger partial charge < -0.3 is 49.3 Å². The number of allylic oxidation sites excluding steroid dienone is 7. The Labute approximate surface area is 380 Å². The maximum Gasteiger partial charge on any atom is 0.472 e. The minimum Gasteiger partial charge on any atom is -0.462 e. The van der Waals surface area contributed by atoms with Crippen LogP contribution in [0.3, 0.4) is 0 Å². The fourth-order valence-corrected chi connectivity index (χ4v) is 8.58. The highest BCUT2D eigenvalue weighted by molar-refractivity contribution is 7.47. The lowest BCUT2D eigenvalue weighted by atomic mass is 9.85. The molecule has 64 heavy (non-hydrogen) atoms. The van der Waals surface area contributed by atoms with E-state index in [1.165, 1.54) is 38.5 Å². The molecule has 19 heteroatoms. The zero-order valence-electron chi connectivity index (χ0n) is 37.9. The highest BCUT2D eigenvalue weighted by Gasteiger charge is 2.54. The van der Waals surface area contributed by atoms with Crippen LogP contribution in [0.5, 0.6) is 0 Å². The fraction of sp³-hybridized carbons (Fsp3) is 0.778. The SMILES string of the molecule is CCCCC/C=C\C/C=C\C/C=C\CCCCC(=O)O[C@H](COC(=O)CCCCCCC/C=C\CC1OC1CCCCC)COP(=O)(O)O[C@H]1C(O)C(O)C(O)[C@@H](OP(=O)(O)O)C1O. The van der Waals surface area contributed by atoms with E-state index in [4.69, 9.17) is 33.0 Å². The number of unbranched alkanes of at least 4 members (excludes halogenated alkanes) is 12. The van der Waals surface area contributed by atoms with Crippen LogP contribution in [0.4, 0.5) is 0 Å². The van der Waals surface area contributed by atoms with Crippen molar-refractivity contribution in [2.45, 2.75) is 210 Å². The lowest BCUT2D eigenvalue weighted by molar-refractivity contribution is -0.216. The van der Waals surface area contributed by atoms with Crippen molar-refractivity contribution in [3.63, 3.8) is 0 Å². The number of aliphatic hydroxyl groups excluding tert-OH is 4. The molecule has 2 fully saturated rings. The molecule has 0 amide bonds. The van der Waals surface area contributed by atoms with Crippen molar-refractivity contribution < 1.29 is 81.6 Å². The van der Waals surface area contributed by atoms with Crippen molar-refractivity contribution in [1.29, 1.82) is 0 Å². The summed E-state index contributed by atoms with van der Waals surface area (Å²) in [5, 5.41) is 41.2. The van der Waals surface area contributed by atoms with Gasteiger partial charge in [-0.1, -0.05) is 114 Å². The zero-order chi connectivity index (χ0) is 47.2. The molecule has 0 aromatic rings. The molecule has 1 heterocycles. The number of phosphoric acid groups is 2. The van der Waals surface area contributed by atoms with Gasteiger partial charge in [0.1, 0.15) is 43.2 Å². The Bertz CT molecular complexity index is 1500. The fourth-order valence-electron chi connectivity index (χ4n) is 7.04. The maximum atomic E-state index is 13.0. The number of carbonyl (C=O) groups is 2. The Hall–Kier alpha value is -2.08. The monoisotopic (exact) mass is 952 g/mol. The third kappa shape index (κ3) is 26.9. The number of rotatable bonds is 37. The van der Waals surface area contributed by atoms with Gasteiger partial charge in [0.2, 0.25) is 0 Å². The topological polar surface area (TPSA) is 269 Å². The normalized spacial score (nSPS) is 25.4. The molecule has 0 bridgehead atoms. The summed E-state index contributed by atoms with van der Waals surface area (Å²) in [4.78, 5) is 54.2. The van der Waals surface area contributed by atoms with E-state index < -0.39 is 83.5 Å². The van der Waals surface area contributed by atoms with Gasteiger partial charge in [0, 0.05) is 12.8 Å². The second kappa shape index (κ2) is 33.4. The number of hydrogen-bond donors (Lipinski definition) is 7. The average Bonchev–Trinajstić information content (AvgIpc) is 4.00. The van der Waals surface area contributed by atoms with Crippen LogP contribution in [0.1, 0.15) is 155 Å². The van der Waals surface area contributed by atoms with Crippen LogP contribution in [0, 0.1) is 0 Å². The van der Waals surface area contributed by atoms with Crippen LogP contribution in [0.2, 0.25) is 0 Å². The predicted octanol–water partition coefficient (Wildman–Crippen LogP) is 7.49. The second-order valence-electron chi connectivity index (χ2n) is 16.5. The summed E-state index contributed by atoms with van der Waals surface area (Å²) in [6.07, 6.45) is 22.5. The van der Waals surface area contributed by atoms with Gasteiger partial charge in [0.15, 0.2) is 6.10 Å². The van der Waals surface area contributed by atoms with Crippen LogP contribution in [0.15, 0.2) is 48.6 Å². The van der Waals surface area contributed by atoms with Crippen molar-refractivity contribution in [3.8, 4) is 0 Å². The number of carbonyl (C=O) groups excluding carboxylic acids is 2.